The van der Waals surface area contributed by atoms with Crippen molar-refractivity contribution in [2.75, 3.05) is 95.4 Å². The Balaban J connectivity index is 1.00. The number of amides is 1. The first-order valence-corrected chi connectivity index (χ1v) is 18.6. The minimum atomic E-state index is -0.382. The number of ether oxygens (including phenoxy) is 4. The average Bonchev–Trinajstić information content (AvgIpc) is 3.77. The van der Waals surface area contributed by atoms with E-state index in [-0.39, 0.29) is 24.4 Å². The van der Waals surface area contributed by atoms with Gasteiger partial charge in [-0.25, -0.2) is 24.6 Å². The molecular weight excluding hydrogens is 710 g/mol. The number of benzene rings is 1. The molecule has 1 aliphatic heterocycles. The van der Waals surface area contributed by atoms with Gasteiger partial charge in [-0.05, 0) is 37.5 Å². The topological polar surface area (TPSA) is 260 Å². The zero-order chi connectivity index (χ0) is 38.4. The van der Waals surface area contributed by atoms with Crippen LogP contribution in [0, 0.1) is 0 Å². The van der Waals surface area contributed by atoms with Crippen LogP contribution in [0.25, 0.3) is 33.4 Å². The van der Waals surface area contributed by atoms with Gasteiger partial charge < -0.3 is 51.2 Å². The first-order chi connectivity index (χ1) is 26.9. The lowest BCUT2D eigenvalue weighted by molar-refractivity contribution is -0.119. The maximum atomic E-state index is 10.8. The Kier molecular flexibility index (Phi) is 14.4. The van der Waals surface area contributed by atoms with Gasteiger partial charge in [0.05, 0.1) is 58.2 Å². The zero-order valence-electron chi connectivity index (χ0n) is 31.1. The molecule has 0 saturated carbocycles. The standard InChI is InChI=1S/C36H51N13O6/c37-20-25-21-41-36(42-22-25)48-10-8-47(9-11-48)27(23-54-18-17-53-16-15-52-14-13-51-12-6-30(38)50)3-1-2-7-49-34-31(33(39)43-24-44-34)32(46-49)26-4-5-29-28(19-26)45-35(40)55-29/h4-5,19,21-22,24,27H,1-3,6-18,20,23,37H2,(H2,38,50)(H2,40,45)(H2,39,43,44). The van der Waals surface area contributed by atoms with Gasteiger partial charge in [-0.3, -0.25) is 9.69 Å². The molecule has 0 bridgehead atoms. The zero-order valence-corrected chi connectivity index (χ0v) is 31.1. The molecule has 1 saturated heterocycles. The van der Waals surface area contributed by atoms with Crippen molar-refractivity contribution in [1.82, 2.24) is 39.6 Å². The summed E-state index contributed by atoms with van der Waals surface area (Å²) in [6, 6.07) is 5.93. The van der Waals surface area contributed by atoms with E-state index < -0.39 is 0 Å². The third-order valence-corrected chi connectivity index (χ3v) is 9.35. The SMILES string of the molecule is NCc1cnc(N2CCN(C(CCCCn3nc(-c4ccc5oc(N)nc5c4)c4c(N)ncnc43)COCCOCCOCCOCCC(N)=O)CC2)nc1. The molecule has 0 radical (unpaired) electrons. The first-order valence-electron chi connectivity index (χ1n) is 18.6. The van der Waals surface area contributed by atoms with Gasteiger partial charge in [0.25, 0.3) is 6.01 Å². The number of primary amides is 1. The molecule has 0 aliphatic carbocycles. The van der Waals surface area contributed by atoms with Crippen LogP contribution in [0.3, 0.4) is 0 Å². The van der Waals surface area contributed by atoms with Crippen molar-refractivity contribution in [2.45, 2.75) is 44.8 Å². The van der Waals surface area contributed by atoms with Crippen molar-refractivity contribution in [1.29, 1.82) is 0 Å². The molecule has 5 heterocycles. The second-order valence-electron chi connectivity index (χ2n) is 13.2. The molecule has 19 nitrogen and oxygen atoms in total. The van der Waals surface area contributed by atoms with Gasteiger partial charge in [-0.2, -0.15) is 10.1 Å². The molecule has 1 aromatic carbocycles. The number of nitrogen functional groups attached to an aromatic ring is 2. The number of carbonyl (C=O) groups excluding carboxylic acids is 1. The van der Waals surface area contributed by atoms with E-state index in [2.05, 4.69) is 34.7 Å². The number of aryl methyl sites for hydroxylation is 1. The lowest BCUT2D eigenvalue weighted by atomic mass is 10.1. The van der Waals surface area contributed by atoms with Crippen LogP contribution in [-0.4, -0.2) is 131 Å². The van der Waals surface area contributed by atoms with E-state index in [0.29, 0.717) is 99.6 Å². The number of piperazine rings is 1. The van der Waals surface area contributed by atoms with Gasteiger partial charge >= 0.3 is 0 Å². The highest BCUT2D eigenvalue weighted by Crippen LogP contribution is 2.32. The fourth-order valence-corrected chi connectivity index (χ4v) is 6.45. The number of nitrogens with two attached hydrogens (primary N) is 4. The summed E-state index contributed by atoms with van der Waals surface area (Å²) in [5.74, 6) is 0.706. The van der Waals surface area contributed by atoms with Crippen LogP contribution in [0.4, 0.5) is 17.8 Å². The molecule has 0 spiro atoms. The number of carbonyl (C=O) groups is 1. The molecule has 8 N–H and O–H groups in total. The number of fused-ring (bicyclic) bond motifs is 2. The summed E-state index contributed by atoms with van der Waals surface area (Å²) in [6.07, 6.45) is 8.01. The third-order valence-electron chi connectivity index (χ3n) is 9.35. The summed E-state index contributed by atoms with van der Waals surface area (Å²) >= 11 is 0. The van der Waals surface area contributed by atoms with Crippen molar-refractivity contribution in [3.05, 3.63) is 42.5 Å². The predicted molar refractivity (Wildman–Crippen MR) is 206 cm³/mol. The molecule has 55 heavy (non-hydrogen) atoms. The van der Waals surface area contributed by atoms with Crippen LogP contribution in [-0.2, 0) is 36.8 Å². The van der Waals surface area contributed by atoms with Crippen molar-refractivity contribution in [2.24, 2.45) is 11.5 Å². The maximum absolute atomic E-state index is 10.8. The van der Waals surface area contributed by atoms with Gasteiger partial charge in [0.15, 0.2) is 11.2 Å². The molecule has 1 fully saturated rings. The van der Waals surface area contributed by atoms with E-state index in [4.69, 9.17) is 51.4 Å². The van der Waals surface area contributed by atoms with Crippen molar-refractivity contribution < 1.29 is 28.2 Å². The number of hydrogen-bond donors (Lipinski definition) is 4. The Morgan fingerprint density at radius 3 is 2.29 bits per heavy atom. The van der Waals surface area contributed by atoms with Crippen molar-refractivity contribution >= 4 is 45.8 Å². The monoisotopic (exact) mass is 761 g/mol. The Bertz CT molecular complexity index is 1950. The van der Waals surface area contributed by atoms with Crippen LogP contribution in [0.2, 0.25) is 0 Å². The summed E-state index contributed by atoms with van der Waals surface area (Å²) in [5.41, 5.74) is 27.3. The van der Waals surface area contributed by atoms with E-state index in [1.165, 1.54) is 6.33 Å². The van der Waals surface area contributed by atoms with Crippen molar-refractivity contribution in [3.8, 4) is 11.3 Å². The smallest absolute Gasteiger partial charge is 0.292 e. The number of aromatic nitrogens is 7. The van der Waals surface area contributed by atoms with E-state index in [0.717, 1.165) is 62.5 Å². The number of unbranched alkanes of at least 4 members (excludes halogenated alkanes) is 1. The van der Waals surface area contributed by atoms with Gasteiger partial charge in [0, 0.05) is 75.3 Å². The molecule has 1 aliphatic rings. The second kappa shape index (κ2) is 20.0. The second-order valence-corrected chi connectivity index (χ2v) is 13.2. The quantitative estimate of drug-likeness (QED) is 0.0685. The highest BCUT2D eigenvalue weighted by atomic mass is 16.6. The third kappa shape index (κ3) is 11.0. The van der Waals surface area contributed by atoms with Gasteiger partial charge in [0.1, 0.15) is 23.4 Å². The molecule has 1 unspecified atom stereocenters. The van der Waals surface area contributed by atoms with E-state index in [1.807, 2.05) is 22.9 Å². The molecule has 296 valence electrons. The average molecular weight is 762 g/mol. The number of oxazole rings is 1. The van der Waals surface area contributed by atoms with Crippen LogP contribution >= 0.6 is 0 Å². The predicted octanol–water partition coefficient (Wildman–Crippen LogP) is 1.35. The summed E-state index contributed by atoms with van der Waals surface area (Å²) in [4.78, 5) is 37.6. The number of hydrogen-bond acceptors (Lipinski definition) is 17. The molecular formula is C36H51N13O6. The Hall–Kier alpha value is -5.05. The Labute approximate surface area is 318 Å². The minimum absolute atomic E-state index is 0.107. The van der Waals surface area contributed by atoms with Crippen LogP contribution in [0.15, 0.2) is 41.3 Å². The minimum Gasteiger partial charge on any atom is -0.424 e. The fraction of sp³-hybridized carbons (Fsp3) is 0.528. The highest BCUT2D eigenvalue weighted by molar-refractivity contribution is 5.99. The maximum Gasteiger partial charge on any atom is 0.292 e. The van der Waals surface area contributed by atoms with E-state index >= 15 is 0 Å². The van der Waals surface area contributed by atoms with Crippen LogP contribution in [0.5, 0.6) is 0 Å². The molecule has 19 heteroatoms. The Morgan fingerprint density at radius 1 is 0.873 bits per heavy atom. The number of nitrogens with zero attached hydrogens (tertiary/aromatic N) is 9. The van der Waals surface area contributed by atoms with E-state index in [9.17, 15) is 4.79 Å². The largest absolute Gasteiger partial charge is 0.424 e. The fourth-order valence-electron chi connectivity index (χ4n) is 6.45. The lowest BCUT2D eigenvalue weighted by Gasteiger charge is -2.39. The number of rotatable bonds is 23. The van der Waals surface area contributed by atoms with Gasteiger partial charge in [-0.15, -0.1) is 0 Å². The summed E-state index contributed by atoms with van der Waals surface area (Å²) < 4.78 is 30.0. The van der Waals surface area contributed by atoms with E-state index in [1.54, 1.807) is 12.4 Å². The van der Waals surface area contributed by atoms with Gasteiger partial charge in [-0.1, -0.05) is 0 Å². The highest BCUT2D eigenvalue weighted by Gasteiger charge is 2.25. The normalized spacial score (nSPS) is 14.3. The number of anilines is 3. The van der Waals surface area contributed by atoms with Crippen molar-refractivity contribution in [3.63, 3.8) is 0 Å². The van der Waals surface area contributed by atoms with Gasteiger partial charge in [0.2, 0.25) is 11.9 Å². The summed E-state index contributed by atoms with van der Waals surface area (Å²) in [7, 11) is 0. The lowest BCUT2D eigenvalue weighted by Crippen LogP contribution is -2.52. The molecule has 4 aromatic heterocycles. The molecule has 1 amide bonds. The summed E-state index contributed by atoms with van der Waals surface area (Å²) in [5, 5.41) is 5.65. The molecule has 6 rings (SSSR count). The first kappa shape index (κ1) is 39.6. The summed E-state index contributed by atoms with van der Waals surface area (Å²) in [6.45, 7) is 7.97. The molecule has 5 aromatic rings. The molecule has 1 atom stereocenters. The van der Waals surface area contributed by atoms with Crippen LogP contribution < -0.4 is 27.8 Å². The Morgan fingerprint density at radius 2 is 1.58 bits per heavy atom. The van der Waals surface area contributed by atoms with Crippen LogP contribution in [0.1, 0.15) is 31.2 Å².